The van der Waals surface area contributed by atoms with Gasteiger partial charge in [0.25, 0.3) is 0 Å². The van der Waals surface area contributed by atoms with Crippen LogP contribution in [0, 0.1) is 0 Å². The van der Waals surface area contributed by atoms with Gasteiger partial charge in [0.1, 0.15) is 0 Å². The van der Waals surface area contributed by atoms with Gasteiger partial charge in [-0.05, 0) is 31.3 Å². The van der Waals surface area contributed by atoms with E-state index < -0.39 is 0 Å². The second-order valence-corrected chi connectivity index (χ2v) is 6.50. The molecular weight excluding hydrogens is 344 g/mol. The van der Waals surface area contributed by atoms with Crippen molar-refractivity contribution in [3.8, 4) is 17.2 Å². The van der Waals surface area contributed by atoms with Crippen LogP contribution in [0.2, 0.25) is 0 Å². The SMILES string of the molecule is COc1ccc(CC(=O)NCc2ccc(CN(C)C)cc2)c(OC)c1OC. The molecule has 0 saturated heterocycles. The zero-order valence-electron chi connectivity index (χ0n) is 16.7. The van der Waals surface area contributed by atoms with Crippen LogP contribution in [-0.4, -0.2) is 46.2 Å². The number of benzene rings is 2. The summed E-state index contributed by atoms with van der Waals surface area (Å²) in [7, 11) is 8.73. The van der Waals surface area contributed by atoms with Crippen LogP contribution in [0.15, 0.2) is 36.4 Å². The first-order valence-corrected chi connectivity index (χ1v) is 8.75. The number of hydrogen-bond donors (Lipinski definition) is 1. The summed E-state index contributed by atoms with van der Waals surface area (Å²) in [6.07, 6.45) is 0.197. The van der Waals surface area contributed by atoms with Crippen molar-refractivity contribution in [2.75, 3.05) is 35.4 Å². The van der Waals surface area contributed by atoms with Gasteiger partial charge in [0.2, 0.25) is 11.7 Å². The zero-order chi connectivity index (χ0) is 19.8. The maximum Gasteiger partial charge on any atom is 0.224 e. The van der Waals surface area contributed by atoms with E-state index in [2.05, 4.69) is 22.3 Å². The number of ether oxygens (including phenoxy) is 3. The van der Waals surface area contributed by atoms with Gasteiger partial charge in [-0.15, -0.1) is 0 Å². The Balaban J connectivity index is 1.99. The van der Waals surface area contributed by atoms with Crippen molar-refractivity contribution in [3.05, 3.63) is 53.1 Å². The Morgan fingerprint density at radius 3 is 2.07 bits per heavy atom. The maximum atomic E-state index is 12.4. The number of amides is 1. The van der Waals surface area contributed by atoms with Gasteiger partial charge >= 0.3 is 0 Å². The molecule has 2 aromatic carbocycles. The predicted octanol–water partition coefficient (Wildman–Crippen LogP) is 2.63. The summed E-state index contributed by atoms with van der Waals surface area (Å²) in [4.78, 5) is 14.5. The second-order valence-electron chi connectivity index (χ2n) is 6.50. The lowest BCUT2D eigenvalue weighted by Crippen LogP contribution is -2.24. The molecule has 0 aliphatic carbocycles. The molecule has 0 heterocycles. The summed E-state index contributed by atoms with van der Waals surface area (Å²) < 4.78 is 16.1. The highest BCUT2D eigenvalue weighted by atomic mass is 16.5. The van der Waals surface area contributed by atoms with Gasteiger partial charge < -0.3 is 24.4 Å². The average Bonchev–Trinajstić information content (AvgIpc) is 2.66. The fourth-order valence-corrected chi connectivity index (χ4v) is 2.87. The molecule has 6 heteroatoms. The van der Waals surface area contributed by atoms with E-state index in [1.54, 1.807) is 27.4 Å². The molecule has 0 aliphatic heterocycles. The Morgan fingerprint density at radius 2 is 1.52 bits per heavy atom. The van der Waals surface area contributed by atoms with Crippen LogP contribution >= 0.6 is 0 Å². The van der Waals surface area contributed by atoms with Crippen LogP contribution in [0.1, 0.15) is 16.7 Å². The van der Waals surface area contributed by atoms with E-state index >= 15 is 0 Å². The van der Waals surface area contributed by atoms with E-state index in [9.17, 15) is 4.79 Å². The molecule has 2 aromatic rings. The highest BCUT2D eigenvalue weighted by molar-refractivity contribution is 5.80. The first-order chi connectivity index (χ1) is 13.0. The average molecular weight is 372 g/mol. The van der Waals surface area contributed by atoms with Crippen LogP contribution in [0.25, 0.3) is 0 Å². The molecule has 27 heavy (non-hydrogen) atoms. The van der Waals surface area contributed by atoms with Crippen molar-refractivity contribution in [2.45, 2.75) is 19.5 Å². The number of carbonyl (C=O) groups excluding carboxylic acids is 1. The lowest BCUT2D eigenvalue weighted by molar-refractivity contribution is -0.120. The number of methoxy groups -OCH3 is 3. The smallest absolute Gasteiger partial charge is 0.224 e. The first-order valence-electron chi connectivity index (χ1n) is 8.75. The van der Waals surface area contributed by atoms with Gasteiger partial charge in [-0.1, -0.05) is 30.3 Å². The minimum Gasteiger partial charge on any atom is -0.493 e. The van der Waals surface area contributed by atoms with Crippen molar-refractivity contribution in [1.82, 2.24) is 10.2 Å². The lowest BCUT2D eigenvalue weighted by Gasteiger charge is -2.15. The Labute approximate surface area is 161 Å². The van der Waals surface area contributed by atoms with Crippen molar-refractivity contribution >= 4 is 5.91 Å². The third-order valence-corrected chi connectivity index (χ3v) is 4.15. The number of rotatable bonds is 9. The quantitative estimate of drug-likeness (QED) is 0.733. The van der Waals surface area contributed by atoms with E-state index in [1.165, 1.54) is 5.56 Å². The number of carbonyl (C=O) groups is 1. The summed E-state index contributed by atoms with van der Waals surface area (Å²) in [5.74, 6) is 1.48. The zero-order valence-corrected chi connectivity index (χ0v) is 16.7. The minimum absolute atomic E-state index is 0.0853. The Morgan fingerprint density at radius 1 is 0.889 bits per heavy atom. The monoisotopic (exact) mass is 372 g/mol. The molecule has 6 nitrogen and oxygen atoms in total. The lowest BCUT2D eigenvalue weighted by atomic mass is 10.1. The van der Waals surface area contributed by atoms with Crippen molar-refractivity contribution in [3.63, 3.8) is 0 Å². The van der Waals surface area contributed by atoms with Crippen molar-refractivity contribution in [1.29, 1.82) is 0 Å². The molecule has 0 aliphatic rings. The van der Waals surface area contributed by atoms with Crippen molar-refractivity contribution in [2.24, 2.45) is 0 Å². The summed E-state index contributed by atoms with van der Waals surface area (Å²) in [6.45, 7) is 1.38. The van der Waals surface area contributed by atoms with Gasteiger partial charge in [0.15, 0.2) is 11.5 Å². The molecule has 2 rings (SSSR count). The minimum atomic E-state index is -0.0853. The number of hydrogen-bond acceptors (Lipinski definition) is 5. The molecule has 0 atom stereocenters. The largest absolute Gasteiger partial charge is 0.493 e. The van der Waals surface area contributed by atoms with E-state index in [4.69, 9.17) is 14.2 Å². The van der Waals surface area contributed by atoms with Gasteiger partial charge in [0.05, 0.1) is 27.8 Å². The van der Waals surface area contributed by atoms with E-state index in [0.717, 1.165) is 17.7 Å². The van der Waals surface area contributed by atoms with E-state index in [0.29, 0.717) is 23.8 Å². The Bertz CT molecular complexity index is 758. The number of nitrogens with zero attached hydrogens (tertiary/aromatic N) is 1. The second kappa shape index (κ2) is 9.83. The fourth-order valence-electron chi connectivity index (χ4n) is 2.87. The molecule has 1 N–H and O–H groups in total. The predicted molar refractivity (Wildman–Crippen MR) is 105 cm³/mol. The molecule has 0 unspecified atom stereocenters. The molecule has 0 aromatic heterocycles. The molecule has 0 radical (unpaired) electrons. The number of nitrogens with one attached hydrogen (secondary N) is 1. The molecule has 1 amide bonds. The highest BCUT2D eigenvalue weighted by Crippen LogP contribution is 2.39. The van der Waals surface area contributed by atoms with Crippen LogP contribution in [-0.2, 0) is 24.3 Å². The Hall–Kier alpha value is -2.73. The normalized spacial score (nSPS) is 10.6. The van der Waals surface area contributed by atoms with Crippen LogP contribution in [0.4, 0.5) is 0 Å². The molecule has 0 saturated carbocycles. The van der Waals surface area contributed by atoms with Crippen LogP contribution in [0.5, 0.6) is 17.2 Å². The Kier molecular flexibility index (Phi) is 7.49. The van der Waals surface area contributed by atoms with Crippen LogP contribution in [0.3, 0.4) is 0 Å². The summed E-state index contributed by atoms with van der Waals surface area (Å²) >= 11 is 0. The highest BCUT2D eigenvalue weighted by Gasteiger charge is 2.17. The molecule has 0 fully saturated rings. The van der Waals surface area contributed by atoms with Crippen LogP contribution < -0.4 is 19.5 Å². The summed E-state index contributed by atoms with van der Waals surface area (Å²) in [5, 5.41) is 2.95. The van der Waals surface area contributed by atoms with E-state index in [-0.39, 0.29) is 12.3 Å². The third kappa shape index (κ3) is 5.62. The topological polar surface area (TPSA) is 60.0 Å². The van der Waals surface area contributed by atoms with E-state index in [1.807, 2.05) is 32.3 Å². The third-order valence-electron chi connectivity index (χ3n) is 4.15. The summed E-state index contributed by atoms with van der Waals surface area (Å²) in [5.41, 5.74) is 3.05. The standard InChI is InChI=1S/C21H28N2O4/c1-23(2)14-16-8-6-15(7-9-16)13-22-19(24)12-17-10-11-18(25-3)21(27-5)20(17)26-4/h6-11H,12-14H2,1-5H3,(H,22,24). The van der Waals surface area contributed by atoms with Crippen molar-refractivity contribution < 1.29 is 19.0 Å². The summed E-state index contributed by atoms with van der Waals surface area (Å²) in [6, 6.07) is 11.8. The first kappa shape index (κ1) is 20.6. The molecular formula is C21H28N2O4. The molecule has 0 spiro atoms. The fraction of sp³-hybridized carbons (Fsp3) is 0.381. The molecule has 146 valence electrons. The van der Waals surface area contributed by atoms with Gasteiger partial charge in [-0.25, -0.2) is 0 Å². The molecule has 0 bridgehead atoms. The van der Waals surface area contributed by atoms with Gasteiger partial charge in [-0.2, -0.15) is 0 Å². The van der Waals surface area contributed by atoms with Gasteiger partial charge in [0, 0.05) is 18.7 Å². The van der Waals surface area contributed by atoms with Gasteiger partial charge in [-0.3, -0.25) is 4.79 Å². The maximum absolute atomic E-state index is 12.4.